The van der Waals surface area contributed by atoms with Crippen LogP contribution in [0.4, 0.5) is 0 Å². The van der Waals surface area contributed by atoms with Gasteiger partial charge in [-0.1, -0.05) is 12.8 Å². The number of fused-ring (bicyclic) bond motifs is 1. The van der Waals surface area contributed by atoms with Crippen LogP contribution in [0.5, 0.6) is 11.5 Å². The van der Waals surface area contributed by atoms with E-state index in [0.29, 0.717) is 50.6 Å². The summed E-state index contributed by atoms with van der Waals surface area (Å²) in [5.74, 6) is 1.19. The molecule has 0 N–H and O–H groups in total. The third-order valence-corrected chi connectivity index (χ3v) is 7.77. The maximum atomic E-state index is 13.0. The van der Waals surface area contributed by atoms with E-state index >= 15 is 0 Å². The van der Waals surface area contributed by atoms with Crippen LogP contribution in [0.25, 0.3) is 0 Å². The summed E-state index contributed by atoms with van der Waals surface area (Å²) in [7, 11) is -3.60. The van der Waals surface area contributed by atoms with Crippen LogP contribution in [0.3, 0.4) is 0 Å². The minimum absolute atomic E-state index is 0.0650. The summed E-state index contributed by atoms with van der Waals surface area (Å²) in [6.07, 6.45) is 5.69. The number of hydrogen-bond acceptors (Lipinski definition) is 5. The van der Waals surface area contributed by atoms with Crippen molar-refractivity contribution < 1.29 is 22.7 Å². The number of carbonyl (C=O) groups excluding carboxylic acids is 1. The normalized spacial score (nSPS) is 21.9. The second-order valence-corrected chi connectivity index (χ2v) is 9.66. The molecule has 0 saturated carbocycles. The molecule has 7 nitrogen and oxygen atoms in total. The fourth-order valence-corrected chi connectivity index (χ4v) is 5.71. The Morgan fingerprint density at radius 1 is 0.893 bits per heavy atom. The zero-order valence-corrected chi connectivity index (χ0v) is 17.0. The van der Waals surface area contributed by atoms with Crippen LogP contribution in [0.15, 0.2) is 23.1 Å². The largest absolute Gasteiger partial charge is 0.486 e. The second-order valence-electron chi connectivity index (χ2n) is 7.72. The van der Waals surface area contributed by atoms with Gasteiger partial charge in [-0.05, 0) is 37.8 Å². The first kappa shape index (κ1) is 19.5. The van der Waals surface area contributed by atoms with Crippen molar-refractivity contribution in [3.8, 4) is 11.5 Å². The number of nitrogens with zero attached hydrogens (tertiary/aromatic N) is 2. The molecule has 0 atom stereocenters. The van der Waals surface area contributed by atoms with Crippen molar-refractivity contribution in [3.05, 3.63) is 18.2 Å². The van der Waals surface area contributed by atoms with Gasteiger partial charge in [0.1, 0.15) is 13.2 Å². The number of hydrogen-bond donors (Lipinski definition) is 0. The van der Waals surface area contributed by atoms with Gasteiger partial charge in [0, 0.05) is 38.2 Å². The maximum Gasteiger partial charge on any atom is 0.243 e. The Labute approximate surface area is 166 Å². The zero-order valence-electron chi connectivity index (χ0n) is 16.1. The van der Waals surface area contributed by atoms with Crippen LogP contribution in [0.1, 0.15) is 38.5 Å². The highest BCUT2D eigenvalue weighted by Gasteiger charge is 2.34. The Bertz CT molecular complexity index is 810. The van der Waals surface area contributed by atoms with Gasteiger partial charge in [-0.25, -0.2) is 8.42 Å². The van der Waals surface area contributed by atoms with E-state index in [9.17, 15) is 13.2 Å². The van der Waals surface area contributed by atoms with E-state index in [4.69, 9.17) is 9.47 Å². The van der Waals surface area contributed by atoms with E-state index in [1.54, 1.807) is 12.1 Å². The van der Waals surface area contributed by atoms with Gasteiger partial charge in [0.2, 0.25) is 15.9 Å². The molecule has 0 aromatic heterocycles. The molecule has 0 unspecified atom stereocenters. The van der Waals surface area contributed by atoms with E-state index in [-0.39, 0.29) is 16.7 Å². The number of likely N-dealkylation sites (tertiary alicyclic amines) is 1. The summed E-state index contributed by atoms with van der Waals surface area (Å²) < 4.78 is 38.5. The molecule has 3 aliphatic heterocycles. The number of ether oxygens (including phenoxy) is 2. The smallest absolute Gasteiger partial charge is 0.243 e. The Balaban J connectivity index is 1.40. The van der Waals surface area contributed by atoms with Crippen LogP contribution in [-0.2, 0) is 14.8 Å². The molecule has 0 spiro atoms. The lowest BCUT2D eigenvalue weighted by Crippen LogP contribution is -2.44. The predicted octanol–water partition coefficient (Wildman–Crippen LogP) is 2.26. The van der Waals surface area contributed by atoms with Crippen molar-refractivity contribution in [2.24, 2.45) is 5.92 Å². The number of rotatable bonds is 3. The molecule has 1 aromatic rings. The number of sulfonamides is 1. The fourth-order valence-electron chi connectivity index (χ4n) is 4.23. The van der Waals surface area contributed by atoms with E-state index in [1.807, 2.05) is 4.90 Å². The minimum atomic E-state index is -3.60. The SMILES string of the molecule is O=C(C1CCN(S(=O)(=O)c2ccc3c(c2)OCCO3)CC1)N1CCCCCC1. The Hall–Kier alpha value is -1.80. The number of benzene rings is 1. The summed E-state index contributed by atoms with van der Waals surface area (Å²) in [6, 6.07) is 4.76. The third-order valence-electron chi connectivity index (χ3n) is 5.87. The van der Waals surface area contributed by atoms with Crippen LogP contribution < -0.4 is 9.47 Å². The molecule has 2 saturated heterocycles. The molecule has 3 heterocycles. The van der Waals surface area contributed by atoms with Crippen LogP contribution in [0, 0.1) is 5.92 Å². The van der Waals surface area contributed by atoms with Gasteiger partial charge in [0.25, 0.3) is 0 Å². The van der Waals surface area contributed by atoms with Crippen molar-refractivity contribution in [3.63, 3.8) is 0 Å². The zero-order chi connectivity index (χ0) is 19.6. The Kier molecular flexibility index (Phi) is 5.78. The topological polar surface area (TPSA) is 76.2 Å². The molecule has 28 heavy (non-hydrogen) atoms. The van der Waals surface area contributed by atoms with E-state index in [1.165, 1.54) is 23.2 Å². The number of piperidine rings is 1. The monoisotopic (exact) mass is 408 g/mol. The molecular formula is C20H28N2O5S. The lowest BCUT2D eigenvalue weighted by molar-refractivity contribution is -0.136. The van der Waals surface area contributed by atoms with Gasteiger partial charge >= 0.3 is 0 Å². The van der Waals surface area contributed by atoms with Gasteiger partial charge in [0.05, 0.1) is 4.90 Å². The van der Waals surface area contributed by atoms with Crippen molar-refractivity contribution in [2.45, 2.75) is 43.4 Å². The van der Waals surface area contributed by atoms with Crippen LogP contribution in [-0.4, -0.2) is 62.9 Å². The first-order chi connectivity index (χ1) is 13.6. The molecular weight excluding hydrogens is 380 g/mol. The van der Waals surface area contributed by atoms with Crippen molar-refractivity contribution >= 4 is 15.9 Å². The highest BCUT2D eigenvalue weighted by Crippen LogP contribution is 2.34. The standard InChI is InChI=1S/C20H28N2O5S/c23-20(21-9-3-1-2-4-10-21)16-7-11-22(12-8-16)28(24,25)17-5-6-18-19(15-17)27-14-13-26-18/h5-6,15-16H,1-4,7-14H2. The molecule has 3 aliphatic rings. The first-order valence-corrected chi connectivity index (χ1v) is 11.7. The summed E-state index contributed by atoms with van der Waals surface area (Å²) >= 11 is 0. The molecule has 154 valence electrons. The van der Waals surface area contributed by atoms with Crippen molar-refractivity contribution in [2.75, 3.05) is 39.4 Å². The van der Waals surface area contributed by atoms with Gasteiger partial charge in [0.15, 0.2) is 11.5 Å². The first-order valence-electron chi connectivity index (χ1n) is 10.2. The van der Waals surface area contributed by atoms with Gasteiger partial charge < -0.3 is 14.4 Å². The predicted molar refractivity (Wildman–Crippen MR) is 104 cm³/mol. The van der Waals surface area contributed by atoms with E-state index in [0.717, 1.165) is 25.9 Å². The molecule has 0 aliphatic carbocycles. The van der Waals surface area contributed by atoms with E-state index < -0.39 is 10.0 Å². The minimum Gasteiger partial charge on any atom is -0.486 e. The quantitative estimate of drug-likeness (QED) is 0.767. The van der Waals surface area contributed by atoms with Crippen molar-refractivity contribution in [1.82, 2.24) is 9.21 Å². The van der Waals surface area contributed by atoms with Gasteiger partial charge in [-0.2, -0.15) is 4.31 Å². The van der Waals surface area contributed by atoms with Crippen molar-refractivity contribution in [1.29, 1.82) is 0 Å². The third kappa shape index (κ3) is 3.98. The molecule has 0 bridgehead atoms. The average molecular weight is 409 g/mol. The van der Waals surface area contributed by atoms with E-state index in [2.05, 4.69) is 0 Å². The van der Waals surface area contributed by atoms with Gasteiger partial charge in [-0.15, -0.1) is 0 Å². The molecule has 1 aromatic carbocycles. The lowest BCUT2D eigenvalue weighted by Gasteiger charge is -2.33. The summed E-state index contributed by atoms with van der Waals surface area (Å²) in [4.78, 5) is 15.0. The molecule has 0 radical (unpaired) electrons. The Morgan fingerprint density at radius 3 is 2.21 bits per heavy atom. The summed E-state index contributed by atoms with van der Waals surface area (Å²) in [5, 5.41) is 0. The van der Waals surface area contributed by atoms with Crippen LogP contribution in [0.2, 0.25) is 0 Å². The number of amides is 1. The fraction of sp³-hybridized carbons (Fsp3) is 0.650. The van der Waals surface area contributed by atoms with Gasteiger partial charge in [-0.3, -0.25) is 4.79 Å². The average Bonchev–Trinajstić information content (AvgIpc) is 3.02. The lowest BCUT2D eigenvalue weighted by atomic mass is 9.96. The number of carbonyl (C=O) groups is 1. The molecule has 1 amide bonds. The summed E-state index contributed by atoms with van der Waals surface area (Å²) in [6.45, 7) is 3.32. The molecule has 2 fully saturated rings. The molecule has 8 heteroatoms. The van der Waals surface area contributed by atoms with Crippen LogP contribution >= 0.6 is 0 Å². The maximum absolute atomic E-state index is 13.0. The highest BCUT2D eigenvalue weighted by atomic mass is 32.2. The highest BCUT2D eigenvalue weighted by molar-refractivity contribution is 7.89. The summed E-state index contributed by atoms with van der Waals surface area (Å²) in [5.41, 5.74) is 0. The second kappa shape index (κ2) is 8.29. The molecule has 4 rings (SSSR count). The Morgan fingerprint density at radius 2 is 1.54 bits per heavy atom.